The van der Waals surface area contributed by atoms with Crippen molar-refractivity contribution in [2.24, 2.45) is 0 Å². The second-order valence-corrected chi connectivity index (χ2v) is 10.2. The van der Waals surface area contributed by atoms with Crippen LogP contribution in [0.5, 0.6) is 0 Å². The van der Waals surface area contributed by atoms with E-state index in [4.69, 9.17) is 14.7 Å². The van der Waals surface area contributed by atoms with Gasteiger partial charge in [0.15, 0.2) is 0 Å². The molecule has 4 atom stereocenters. The zero-order valence-electron chi connectivity index (χ0n) is 20.4. The number of ether oxygens (including phenoxy) is 2. The molecule has 38 heavy (non-hydrogen) atoms. The summed E-state index contributed by atoms with van der Waals surface area (Å²) in [4.78, 5) is 3.86. The number of halogens is 3. The molecule has 2 heterocycles. The van der Waals surface area contributed by atoms with Crippen LogP contribution in [0.4, 0.5) is 13.2 Å². The van der Waals surface area contributed by atoms with Crippen molar-refractivity contribution in [3.05, 3.63) is 101 Å². The lowest BCUT2D eigenvalue weighted by Crippen LogP contribution is -2.43. The van der Waals surface area contributed by atoms with Crippen LogP contribution in [0.2, 0.25) is 0 Å². The van der Waals surface area contributed by atoms with Crippen LogP contribution < -0.4 is 0 Å². The lowest BCUT2D eigenvalue weighted by atomic mass is 9.90. The number of nitrogens with zero attached hydrogens (tertiary/aromatic N) is 4. The Balaban J connectivity index is 1.36. The minimum atomic E-state index is -1.82. The number of rotatable bonds is 9. The maximum Gasteiger partial charge on any atom is 0.137 e. The van der Waals surface area contributed by atoms with Crippen molar-refractivity contribution in [1.29, 1.82) is 5.26 Å². The van der Waals surface area contributed by atoms with E-state index in [2.05, 4.69) is 10.1 Å². The van der Waals surface area contributed by atoms with Crippen LogP contribution >= 0.6 is 11.8 Å². The van der Waals surface area contributed by atoms with E-state index >= 15 is 0 Å². The molecule has 1 aliphatic rings. The number of aromatic nitrogens is 3. The average Bonchev–Trinajstić information content (AvgIpc) is 3.42. The minimum Gasteiger partial charge on any atom is -0.382 e. The van der Waals surface area contributed by atoms with Crippen molar-refractivity contribution in [3.63, 3.8) is 0 Å². The molecule has 1 N–H and O–H groups in total. The first kappa shape index (κ1) is 27.6. The van der Waals surface area contributed by atoms with Gasteiger partial charge in [-0.05, 0) is 37.3 Å². The Morgan fingerprint density at radius 3 is 2.71 bits per heavy atom. The highest BCUT2D eigenvalue weighted by Gasteiger charge is 2.41. The fourth-order valence-corrected chi connectivity index (χ4v) is 5.13. The van der Waals surface area contributed by atoms with Gasteiger partial charge in [0.25, 0.3) is 0 Å². The van der Waals surface area contributed by atoms with Crippen LogP contribution in [-0.2, 0) is 21.6 Å². The maximum absolute atomic E-state index is 14.7. The first-order valence-electron chi connectivity index (χ1n) is 11.7. The predicted octanol–water partition coefficient (Wildman–Crippen LogP) is 4.59. The summed E-state index contributed by atoms with van der Waals surface area (Å²) in [5.74, 6) is -1.89. The van der Waals surface area contributed by atoms with E-state index in [0.29, 0.717) is 5.56 Å². The Morgan fingerprint density at radius 1 is 1.18 bits per heavy atom. The van der Waals surface area contributed by atoms with Gasteiger partial charge in [-0.15, -0.1) is 11.8 Å². The summed E-state index contributed by atoms with van der Waals surface area (Å²) in [7, 11) is 0. The number of hydrogen-bond acceptors (Lipinski definition) is 7. The standard InChI is InChI=1S/C27H25F3N4O3S/c1-18(27(35,15-34-17-32-16-33-34)23-11-21(28)8-9-24(23)29)38-26-14-36-22(13-37-26)5-3-2-4-20-7-6-19(12-31)10-25(20)30/h2-11,16-18,22,26,35H,13-15H2,1H3/b4-2+,5-3+/t18-,22+,26-,27-/m1/s1. The van der Waals surface area contributed by atoms with Crippen LogP contribution in [-0.4, -0.2) is 49.9 Å². The summed E-state index contributed by atoms with van der Waals surface area (Å²) < 4.78 is 55.8. The van der Waals surface area contributed by atoms with E-state index in [1.54, 1.807) is 37.3 Å². The van der Waals surface area contributed by atoms with Gasteiger partial charge in [0.1, 0.15) is 41.1 Å². The van der Waals surface area contributed by atoms with Crippen molar-refractivity contribution in [3.8, 4) is 6.07 Å². The van der Waals surface area contributed by atoms with Crippen LogP contribution in [0, 0.1) is 28.8 Å². The summed E-state index contributed by atoms with van der Waals surface area (Å²) in [5.41, 5.74) is -1.86. The molecule has 0 aliphatic carbocycles. The first-order chi connectivity index (χ1) is 18.3. The van der Waals surface area contributed by atoms with E-state index < -0.39 is 33.7 Å². The molecule has 0 unspecified atom stereocenters. The number of thioether (sulfide) groups is 1. The lowest BCUT2D eigenvalue weighted by molar-refractivity contribution is -0.0831. The quantitative estimate of drug-likeness (QED) is 0.396. The monoisotopic (exact) mass is 542 g/mol. The van der Waals surface area contributed by atoms with Gasteiger partial charge in [0, 0.05) is 16.4 Å². The average molecular weight is 543 g/mol. The topological polar surface area (TPSA) is 93.2 Å². The molecule has 2 aromatic carbocycles. The molecule has 0 bridgehead atoms. The number of allylic oxidation sites excluding steroid dienone is 2. The second kappa shape index (κ2) is 12.4. The number of nitriles is 1. The molecule has 0 amide bonds. The molecule has 1 aliphatic heterocycles. The Hall–Kier alpha value is -3.43. The second-order valence-electron chi connectivity index (χ2n) is 8.65. The minimum absolute atomic E-state index is 0.146. The molecule has 7 nitrogen and oxygen atoms in total. The zero-order valence-corrected chi connectivity index (χ0v) is 21.2. The fraction of sp³-hybridized carbons (Fsp3) is 0.296. The summed E-state index contributed by atoms with van der Waals surface area (Å²) in [6, 6.07) is 9.10. The van der Waals surface area contributed by atoms with Crippen molar-refractivity contribution < 1.29 is 27.8 Å². The van der Waals surface area contributed by atoms with Gasteiger partial charge in [-0.3, -0.25) is 0 Å². The van der Waals surface area contributed by atoms with E-state index in [1.165, 1.54) is 41.2 Å². The highest BCUT2D eigenvalue weighted by Crippen LogP contribution is 2.39. The molecule has 3 aromatic rings. The van der Waals surface area contributed by atoms with Crippen LogP contribution in [0.1, 0.15) is 23.6 Å². The summed E-state index contributed by atoms with van der Waals surface area (Å²) in [6.07, 6.45) is 9.07. The molecule has 0 radical (unpaired) electrons. The van der Waals surface area contributed by atoms with Gasteiger partial charge in [0.2, 0.25) is 0 Å². The molecule has 1 fully saturated rings. The van der Waals surface area contributed by atoms with Gasteiger partial charge < -0.3 is 14.6 Å². The largest absolute Gasteiger partial charge is 0.382 e. The number of hydrogen-bond donors (Lipinski definition) is 1. The van der Waals surface area contributed by atoms with Crippen LogP contribution in [0.15, 0.2) is 67.3 Å². The third-order valence-corrected chi connectivity index (χ3v) is 7.40. The molecule has 1 saturated heterocycles. The molecule has 11 heteroatoms. The molecule has 0 spiro atoms. The maximum atomic E-state index is 14.7. The van der Waals surface area contributed by atoms with Gasteiger partial charge in [-0.1, -0.05) is 30.4 Å². The zero-order chi connectivity index (χ0) is 27.1. The highest BCUT2D eigenvalue weighted by molar-refractivity contribution is 8.00. The molecular weight excluding hydrogens is 517 g/mol. The summed E-state index contributed by atoms with van der Waals surface area (Å²) >= 11 is 1.24. The Bertz CT molecular complexity index is 1340. The van der Waals surface area contributed by atoms with Crippen molar-refractivity contribution in [2.75, 3.05) is 13.2 Å². The highest BCUT2D eigenvalue weighted by atomic mass is 32.2. The molecular formula is C27H25F3N4O3S. The van der Waals surface area contributed by atoms with E-state index in [-0.39, 0.29) is 37.0 Å². The van der Waals surface area contributed by atoms with Gasteiger partial charge in [-0.25, -0.2) is 22.8 Å². The Kier molecular flexibility index (Phi) is 9.01. The first-order valence-corrected chi connectivity index (χ1v) is 12.7. The number of aliphatic hydroxyl groups is 1. The number of benzene rings is 2. The molecule has 1 aromatic heterocycles. The molecule has 0 saturated carbocycles. The van der Waals surface area contributed by atoms with Crippen molar-refractivity contribution >= 4 is 17.8 Å². The van der Waals surface area contributed by atoms with Crippen molar-refractivity contribution in [1.82, 2.24) is 14.8 Å². The fourth-order valence-electron chi connectivity index (χ4n) is 3.93. The van der Waals surface area contributed by atoms with Crippen LogP contribution in [0.25, 0.3) is 6.08 Å². The van der Waals surface area contributed by atoms with E-state index in [1.807, 2.05) is 6.07 Å². The summed E-state index contributed by atoms with van der Waals surface area (Å²) in [5, 5.41) is 23.8. The van der Waals surface area contributed by atoms with E-state index in [0.717, 1.165) is 18.2 Å². The third-order valence-electron chi connectivity index (χ3n) is 6.03. The Labute approximate surface area is 222 Å². The van der Waals surface area contributed by atoms with Gasteiger partial charge >= 0.3 is 0 Å². The molecule has 198 valence electrons. The molecule has 4 rings (SSSR count). The van der Waals surface area contributed by atoms with Gasteiger partial charge in [-0.2, -0.15) is 10.4 Å². The lowest BCUT2D eigenvalue weighted by Gasteiger charge is -2.37. The van der Waals surface area contributed by atoms with Crippen molar-refractivity contribution in [2.45, 2.75) is 35.9 Å². The van der Waals surface area contributed by atoms with Gasteiger partial charge in [0.05, 0.1) is 37.5 Å². The SMILES string of the molecule is C[C@@H](S[C@@H]1CO[C@@H](/C=C/C=C/c2ccc(C#N)cc2F)CO1)[C@](O)(Cn1cncn1)c1cc(F)ccc1F. The Morgan fingerprint density at radius 2 is 2.03 bits per heavy atom. The predicted molar refractivity (Wildman–Crippen MR) is 136 cm³/mol. The van der Waals surface area contributed by atoms with Crippen LogP contribution in [0.3, 0.4) is 0 Å². The normalized spacial score (nSPS) is 20.4. The third kappa shape index (κ3) is 6.71. The summed E-state index contributed by atoms with van der Waals surface area (Å²) in [6.45, 7) is 1.99. The smallest absolute Gasteiger partial charge is 0.137 e. The van der Waals surface area contributed by atoms with E-state index in [9.17, 15) is 18.3 Å².